The van der Waals surface area contributed by atoms with Crippen molar-refractivity contribution in [1.29, 1.82) is 0 Å². The Morgan fingerprint density at radius 3 is 0.636 bits per heavy atom. The molecule has 0 aliphatic rings. The monoisotopic (exact) mass is 1560 g/mol. The number of aliphatic hydroxyl groups is 1. The highest BCUT2D eigenvalue weighted by Crippen LogP contribution is 2.45. The van der Waals surface area contributed by atoms with Crippen molar-refractivity contribution in [2.75, 3.05) is 39.6 Å². The minimum Gasteiger partial charge on any atom is -0.462 e. The van der Waals surface area contributed by atoms with Crippen molar-refractivity contribution < 1.29 is 80.2 Å². The number of hydrogen-bond donors (Lipinski definition) is 3. The summed E-state index contributed by atoms with van der Waals surface area (Å²) in [5.74, 6) is -0.575. The van der Waals surface area contributed by atoms with Gasteiger partial charge in [0.15, 0.2) is 12.2 Å². The molecule has 0 spiro atoms. The highest BCUT2D eigenvalue weighted by molar-refractivity contribution is 7.47. The van der Waals surface area contributed by atoms with Crippen molar-refractivity contribution >= 4 is 39.5 Å². The summed E-state index contributed by atoms with van der Waals surface area (Å²) in [5.41, 5.74) is 0. The van der Waals surface area contributed by atoms with E-state index in [2.05, 4.69) is 41.5 Å². The van der Waals surface area contributed by atoms with Crippen LogP contribution in [0.4, 0.5) is 0 Å². The summed E-state index contributed by atoms with van der Waals surface area (Å²) in [6.07, 6.45) is 72.4. The van der Waals surface area contributed by atoms with Crippen molar-refractivity contribution in [3.8, 4) is 0 Å². The Morgan fingerprint density at radius 2 is 0.430 bits per heavy atom. The van der Waals surface area contributed by atoms with Gasteiger partial charge in [0.2, 0.25) is 0 Å². The maximum absolute atomic E-state index is 13.2. The number of aliphatic hydroxyl groups excluding tert-OH is 1. The van der Waals surface area contributed by atoms with Crippen LogP contribution in [0.3, 0.4) is 0 Å². The van der Waals surface area contributed by atoms with E-state index < -0.39 is 97.5 Å². The number of unbranched alkanes of at least 4 members (excludes halogenated alkanes) is 57. The van der Waals surface area contributed by atoms with Gasteiger partial charge in [-0.25, -0.2) is 9.13 Å². The zero-order chi connectivity index (χ0) is 78.5. The fourth-order valence-corrected chi connectivity index (χ4v) is 15.4. The van der Waals surface area contributed by atoms with E-state index in [1.54, 1.807) is 0 Å². The Morgan fingerprint density at radius 1 is 0.252 bits per heavy atom. The SMILES string of the molecule is CCCCCCCCCCCCCCCCCCCCCC(=O)OC[C@H](COP(=O)(O)OC[C@@H](O)COP(=O)(O)OC[C@@H](COC(=O)CCCCCCCCCC(C)C)OC(=O)CCCCCCCCCCCCCCCCCCC)OC(=O)CCCCCCCCCCCCCCCCCCCCC(C)C. The van der Waals surface area contributed by atoms with Crippen LogP contribution in [0.5, 0.6) is 0 Å². The van der Waals surface area contributed by atoms with Crippen molar-refractivity contribution in [3.05, 3.63) is 0 Å². The molecule has 0 saturated heterocycles. The number of ether oxygens (including phenoxy) is 4. The van der Waals surface area contributed by atoms with Crippen LogP contribution in [-0.2, 0) is 65.4 Å². The van der Waals surface area contributed by atoms with Gasteiger partial charge in [0.25, 0.3) is 0 Å². The molecule has 17 nitrogen and oxygen atoms in total. The molecule has 5 atom stereocenters. The van der Waals surface area contributed by atoms with Crippen molar-refractivity contribution in [2.45, 2.75) is 490 Å². The predicted octanol–water partition coefficient (Wildman–Crippen LogP) is 27.0. The van der Waals surface area contributed by atoms with E-state index in [1.165, 1.54) is 283 Å². The molecule has 0 aromatic heterocycles. The fraction of sp³-hybridized carbons (Fsp3) is 0.955. The minimum absolute atomic E-state index is 0.108. The molecular weight excluding hydrogens is 1390 g/mol. The van der Waals surface area contributed by atoms with Gasteiger partial charge in [-0.3, -0.25) is 37.3 Å². The molecule has 0 amide bonds. The summed E-state index contributed by atoms with van der Waals surface area (Å²) >= 11 is 0. The third-order valence-electron chi connectivity index (χ3n) is 20.7. The van der Waals surface area contributed by atoms with Crippen molar-refractivity contribution in [2.24, 2.45) is 11.8 Å². The summed E-state index contributed by atoms with van der Waals surface area (Å²) in [6.45, 7) is 9.67. The number of phosphoric ester groups is 2. The van der Waals surface area contributed by atoms with Crippen LogP contribution in [0.25, 0.3) is 0 Å². The van der Waals surface area contributed by atoms with Crippen LogP contribution in [0.2, 0.25) is 0 Å². The maximum atomic E-state index is 13.2. The van der Waals surface area contributed by atoms with Crippen LogP contribution in [0, 0.1) is 11.8 Å². The number of rotatable bonds is 87. The molecule has 0 saturated carbocycles. The van der Waals surface area contributed by atoms with Gasteiger partial charge in [-0.1, -0.05) is 420 Å². The van der Waals surface area contributed by atoms with E-state index in [4.69, 9.17) is 37.0 Å². The van der Waals surface area contributed by atoms with E-state index in [0.717, 1.165) is 102 Å². The maximum Gasteiger partial charge on any atom is 0.472 e. The quantitative estimate of drug-likeness (QED) is 0.0222. The molecule has 0 fully saturated rings. The van der Waals surface area contributed by atoms with Gasteiger partial charge >= 0.3 is 39.5 Å². The average Bonchev–Trinajstić information content (AvgIpc) is 0.916. The molecule has 0 bridgehead atoms. The van der Waals surface area contributed by atoms with Gasteiger partial charge < -0.3 is 33.8 Å². The molecule has 107 heavy (non-hydrogen) atoms. The molecule has 3 N–H and O–H groups in total. The Hall–Kier alpha value is -1.94. The molecule has 2 unspecified atom stereocenters. The summed E-state index contributed by atoms with van der Waals surface area (Å²) in [7, 11) is -9.93. The Bertz CT molecular complexity index is 2050. The molecule has 0 aromatic carbocycles. The third kappa shape index (κ3) is 81.9. The van der Waals surface area contributed by atoms with Crippen molar-refractivity contribution in [1.82, 2.24) is 0 Å². The van der Waals surface area contributed by atoms with E-state index in [-0.39, 0.29) is 25.7 Å². The van der Waals surface area contributed by atoms with Gasteiger partial charge in [-0.15, -0.1) is 0 Å². The molecule has 0 aromatic rings. The summed E-state index contributed by atoms with van der Waals surface area (Å²) in [6, 6.07) is 0. The summed E-state index contributed by atoms with van der Waals surface area (Å²) < 4.78 is 68.9. The molecule has 0 rings (SSSR count). The van der Waals surface area contributed by atoms with E-state index >= 15 is 0 Å². The highest BCUT2D eigenvalue weighted by atomic mass is 31.2. The molecule has 0 heterocycles. The minimum atomic E-state index is -4.97. The Labute approximate surface area is 658 Å². The molecule has 0 radical (unpaired) electrons. The largest absolute Gasteiger partial charge is 0.472 e. The van der Waals surface area contributed by atoms with E-state index in [0.29, 0.717) is 31.6 Å². The second kappa shape index (κ2) is 79.3. The normalized spacial score (nSPS) is 13.8. The van der Waals surface area contributed by atoms with Crippen LogP contribution >= 0.6 is 15.6 Å². The smallest absolute Gasteiger partial charge is 0.462 e. The highest BCUT2D eigenvalue weighted by Gasteiger charge is 2.30. The Balaban J connectivity index is 5.22. The lowest BCUT2D eigenvalue weighted by Crippen LogP contribution is -2.30. The molecule has 636 valence electrons. The standard InChI is InChI=1S/C88H172O17P2/c1-7-9-11-13-15-17-19-21-23-25-26-31-34-38-42-46-52-58-64-70-85(90)98-76-83(104-87(92)72-67-61-54-48-44-40-36-32-28-27-30-33-37-41-45-50-56-62-68-80(3)4)78-102-106(94,95)100-74-82(89)75-101-107(96,97)103-79-84(77-99-86(91)71-65-59-55-49-51-57-63-69-81(5)6)105-88(93)73-66-60-53-47-43-39-35-29-24-22-20-18-16-14-12-10-8-2/h80-84,89H,7-79H2,1-6H3,(H,94,95)(H,96,97)/t82-,83-,84-/m1/s1. The molecular formula is C88H172O17P2. The number of esters is 4. The third-order valence-corrected chi connectivity index (χ3v) is 22.6. The first-order valence-electron chi connectivity index (χ1n) is 45.5. The predicted molar refractivity (Wildman–Crippen MR) is 442 cm³/mol. The first kappa shape index (κ1) is 105. The average molecular weight is 1560 g/mol. The van der Waals surface area contributed by atoms with Crippen LogP contribution in [0.15, 0.2) is 0 Å². The van der Waals surface area contributed by atoms with Gasteiger partial charge in [-0.05, 0) is 37.5 Å². The van der Waals surface area contributed by atoms with Crippen LogP contribution < -0.4 is 0 Å². The van der Waals surface area contributed by atoms with Gasteiger partial charge in [0, 0.05) is 25.7 Å². The molecule has 19 heteroatoms. The molecule has 0 aliphatic carbocycles. The number of carbonyl (C=O) groups is 4. The summed E-state index contributed by atoms with van der Waals surface area (Å²) in [5, 5.41) is 10.7. The van der Waals surface area contributed by atoms with E-state index in [9.17, 15) is 43.2 Å². The van der Waals surface area contributed by atoms with Gasteiger partial charge in [0.05, 0.1) is 26.4 Å². The molecule has 0 aliphatic heterocycles. The lowest BCUT2D eigenvalue weighted by atomic mass is 10.0. The number of phosphoric acid groups is 2. The second-order valence-electron chi connectivity index (χ2n) is 32.6. The van der Waals surface area contributed by atoms with Crippen LogP contribution in [-0.4, -0.2) is 96.7 Å². The lowest BCUT2D eigenvalue weighted by molar-refractivity contribution is -0.161. The number of carbonyl (C=O) groups excluding carboxylic acids is 4. The van der Waals surface area contributed by atoms with Crippen molar-refractivity contribution in [3.63, 3.8) is 0 Å². The topological polar surface area (TPSA) is 237 Å². The first-order chi connectivity index (χ1) is 51.9. The lowest BCUT2D eigenvalue weighted by Gasteiger charge is -2.21. The summed E-state index contributed by atoms with van der Waals surface area (Å²) in [4.78, 5) is 73.3. The zero-order valence-corrected chi connectivity index (χ0v) is 72.2. The Kier molecular flexibility index (Phi) is 77.9. The van der Waals surface area contributed by atoms with E-state index in [1.807, 2.05) is 0 Å². The first-order valence-corrected chi connectivity index (χ1v) is 48.5. The van der Waals surface area contributed by atoms with Gasteiger partial charge in [-0.2, -0.15) is 0 Å². The zero-order valence-electron chi connectivity index (χ0n) is 70.5. The van der Waals surface area contributed by atoms with Gasteiger partial charge in [0.1, 0.15) is 19.3 Å². The number of hydrogen-bond acceptors (Lipinski definition) is 15. The second-order valence-corrected chi connectivity index (χ2v) is 35.5. The van der Waals surface area contributed by atoms with Crippen LogP contribution in [0.1, 0.15) is 472 Å². The fourth-order valence-electron chi connectivity index (χ4n) is 13.8.